The zero-order valence-electron chi connectivity index (χ0n) is 17.6. The molecular formula is C22H41NO5. The van der Waals surface area contributed by atoms with Crippen molar-refractivity contribution >= 4 is 5.91 Å². The minimum absolute atomic E-state index is 0.114. The fraction of sp³-hybridized carbons (Fsp3) is 0.955. The van der Waals surface area contributed by atoms with Crippen molar-refractivity contribution in [2.75, 3.05) is 6.61 Å². The second-order valence-corrected chi connectivity index (χ2v) is 8.44. The molecular weight excluding hydrogens is 358 g/mol. The summed E-state index contributed by atoms with van der Waals surface area (Å²) in [6.45, 7) is 2.51. The first-order chi connectivity index (χ1) is 13.6. The fourth-order valence-electron chi connectivity index (χ4n) is 4.12. The number of carbonyl (C=O) groups excluding carboxylic acids is 1. The van der Waals surface area contributed by atoms with Crippen LogP contribution in [0.1, 0.15) is 96.8 Å². The van der Waals surface area contributed by atoms with Gasteiger partial charge in [-0.2, -0.15) is 0 Å². The summed E-state index contributed by atoms with van der Waals surface area (Å²) in [4.78, 5) is 12.1. The number of hydrogen-bond acceptors (Lipinski definition) is 5. The van der Waals surface area contributed by atoms with Crippen molar-refractivity contribution in [2.24, 2.45) is 0 Å². The van der Waals surface area contributed by atoms with Crippen LogP contribution in [0, 0.1) is 0 Å². The lowest BCUT2D eigenvalue weighted by Gasteiger charge is -2.36. The van der Waals surface area contributed by atoms with Crippen LogP contribution in [0.4, 0.5) is 0 Å². The van der Waals surface area contributed by atoms with Crippen LogP contribution >= 0.6 is 0 Å². The summed E-state index contributed by atoms with van der Waals surface area (Å²) in [6, 6.07) is -0.691. The van der Waals surface area contributed by atoms with Gasteiger partial charge in [0.15, 0.2) is 6.29 Å². The van der Waals surface area contributed by atoms with E-state index in [9.17, 15) is 15.0 Å². The summed E-state index contributed by atoms with van der Waals surface area (Å²) in [6.07, 6.45) is 13.8. The molecule has 2 bridgehead atoms. The first-order valence-corrected chi connectivity index (χ1v) is 11.6. The molecule has 2 heterocycles. The zero-order valence-corrected chi connectivity index (χ0v) is 17.6. The molecule has 0 aromatic carbocycles. The Morgan fingerprint density at radius 2 is 1.39 bits per heavy atom. The number of aliphatic hydroxyl groups excluding tert-OH is 2. The zero-order chi connectivity index (χ0) is 20.2. The molecule has 0 aromatic heterocycles. The maximum Gasteiger partial charge on any atom is 0.220 e. The van der Waals surface area contributed by atoms with E-state index >= 15 is 0 Å². The summed E-state index contributed by atoms with van der Waals surface area (Å²) in [5, 5.41) is 22.8. The van der Waals surface area contributed by atoms with Crippen LogP contribution in [0.5, 0.6) is 0 Å². The Morgan fingerprint density at radius 3 is 1.96 bits per heavy atom. The molecule has 2 saturated heterocycles. The van der Waals surface area contributed by atoms with E-state index in [1.165, 1.54) is 70.6 Å². The molecule has 6 heteroatoms. The third-order valence-corrected chi connectivity index (χ3v) is 5.96. The minimum atomic E-state index is -1.04. The molecule has 3 N–H and O–H groups in total. The normalized spacial score (nSPS) is 29.2. The Balaban J connectivity index is 1.41. The number of amides is 1. The van der Waals surface area contributed by atoms with E-state index < -0.39 is 30.6 Å². The molecule has 5 atom stereocenters. The number of rotatable bonds is 15. The van der Waals surface area contributed by atoms with E-state index in [4.69, 9.17) is 9.47 Å². The lowest BCUT2D eigenvalue weighted by atomic mass is 9.98. The van der Waals surface area contributed by atoms with Crippen molar-refractivity contribution in [3.05, 3.63) is 0 Å². The number of carbonyl (C=O) groups is 1. The van der Waals surface area contributed by atoms with E-state index in [1.807, 2.05) is 0 Å². The second-order valence-electron chi connectivity index (χ2n) is 8.44. The summed E-state index contributed by atoms with van der Waals surface area (Å²) < 4.78 is 10.9. The molecule has 0 radical (unpaired) electrons. The Bertz CT molecular complexity index is 433. The Morgan fingerprint density at radius 1 is 0.857 bits per heavy atom. The molecule has 0 aromatic rings. The molecule has 0 aliphatic carbocycles. The van der Waals surface area contributed by atoms with Crippen molar-refractivity contribution < 1.29 is 24.5 Å². The van der Waals surface area contributed by atoms with Crippen molar-refractivity contribution in [3.8, 4) is 0 Å². The van der Waals surface area contributed by atoms with Crippen LogP contribution in [0.2, 0.25) is 0 Å². The number of fused-ring (bicyclic) bond motifs is 2. The minimum Gasteiger partial charge on any atom is -0.388 e. The van der Waals surface area contributed by atoms with Gasteiger partial charge in [-0.15, -0.1) is 0 Å². The van der Waals surface area contributed by atoms with Gasteiger partial charge in [-0.25, -0.2) is 0 Å². The summed E-state index contributed by atoms with van der Waals surface area (Å²) in [5.74, 6) is -0.114. The van der Waals surface area contributed by atoms with Gasteiger partial charge in [-0.1, -0.05) is 84.0 Å². The molecule has 2 rings (SSSR count). The monoisotopic (exact) mass is 399 g/mol. The van der Waals surface area contributed by atoms with Gasteiger partial charge in [-0.3, -0.25) is 4.79 Å². The molecule has 1 amide bonds. The molecule has 2 fully saturated rings. The first kappa shape index (κ1) is 23.6. The second kappa shape index (κ2) is 13.5. The van der Waals surface area contributed by atoms with Gasteiger partial charge in [0.2, 0.25) is 5.91 Å². The molecule has 6 nitrogen and oxygen atoms in total. The quantitative estimate of drug-likeness (QED) is 0.367. The van der Waals surface area contributed by atoms with Gasteiger partial charge >= 0.3 is 0 Å². The molecule has 0 spiro atoms. The Kier molecular flexibility index (Phi) is 11.4. The number of ether oxygens (including phenoxy) is 2. The van der Waals surface area contributed by atoms with Crippen LogP contribution in [-0.2, 0) is 14.3 Å². The van der Waals surface area contributed by atoms with Gasteiger partial charge in [-0.05, 0) is 6.42 Å². The average Bonchev–Trinajstić information content (AvgIpc) is 3.14. The number of aliphatic hydroxyl groups is 2. The number of nitrogens with one attached hydrogen (secondary N) is 1. The lowest BCUT2D eigenvalue weighted by Crippen LogP contribution is -2.60. The Hall–Kier alpha value is -0.690. The van der Waals surface area contributed by atoms with E-state index in [0.29, 0.717) is 6.42 Å². The first-order valence-electron chi connectivity index (χ1n) is 11.6. The van der Waals surface area contributed by atoms with Crippen LogP contribution in [0.3, 0.4) is 0 Å². The smallest absolute Gasteiger partial charge is 0.220 e. The van der Waals surface area contributed by atoms with Gasteiger partial charge in [0.1, 0.15) is 24.4 Å². The molecule has 2 aliphatic rings. The standard InChI is InChI=1S/C22H41NO5/c1-2-3-4-5-6-7-8-9-10-11-12-13-14-15-18(24)23-19-21(26)20(25)17-16-27-22(19)28-17/h17,19-22,25-26H,2-16H2,1H3,(H,23,24)/t17-,19-,20-,21-,22+/m1/s1. The van der Waals surface area contributed by atoms with E-state index in [2.05, 4.69) is 12.2 Å². The highest BCUT2D eigenvalue weighted by Crippen LogP contribution is 2.28. The predicted octanol–water partition coefficient (Wildman–Crippen LogP) is 3.43. The van der Waals surface area contributed by atoms with Gasteiger partial charge in [0.05, 0.1) is 6.61 Å². The topological polar surface area (TPSA) is 88.0 Å². The molecule has 164 valence electrons. The van der Waals surface area contributed by atoms with Crippen LogP contribution in [-0.4, -0.2) is 53.4 Å². The predicted molar refractivity (Wildman–Crippen MR) is 109 cm³/mol. The van der Waals surface area contributed by atoms with Crippen molar-refractivity contribution in [3.63, 3.8) is 0 Å². The third kappa shape index (κ3) is 7.97. The van der Waals surface area contributed by atoms with Gasteiger partial charge in [0.25, 0.3) is 0 Å². The van der Waals surface area contributed by atoms with Crippen molar-refractivity contribution in [1.29, 1.82) is 0 Å². The molecule has 28 heavy (non-hydrogen) atoms. The maximum atomic E-state index is 12.1. The molecule has 0 saturated carbocycles. The number of hydrogen-bond donors (Lipinski definition) is 3. The van der Waals surface area contributed by atoms with Crippen LogP contribution in [0.25, 0.3) is 0 Å². The molecule has 0 unspecified atom stereocenters. The highest BCUT2D eigenvalue weighted by Gasteiger charge is 2.49. The van der Waals surface area contributed by atoms with Crippen LogP contribution in [0.15, 0.2) is 0 Å². The fourth-order valence-corrected chi connectivity index (χ4v) is 4.12. The summed E-state index contributed by atoms with van der Waals surface area (Å²) in [5.41, 5.74) is 0. The Labute approximate surface area is 170 Å². The summed E-state index contributed by atoms with van der Waals surface area (Å²) in [7, 11) is 0. The van der Waals surface area contributed by atoms with E-state index in [1.54, 1.807) is 0 Å². The van der Waals surface area contributed by atoms with E-state index in [0.717, 1.165) is 12.8 Å². The number of unbranched alkanes of at least 4 members (excludes halogenated alkanes) is 12. The lowest BCUT2D eigenvalue weighted by molar-refractivity contribution is -0.187. The van der Waals surface area contributed by atoms with Gasteiger partial charge < -0.3 is 25.0 Å². The molecule has 2 aliphatic heterocycles. The van der Waals surface area contributed by atoms with Crippen LogP contribution < -0.4 is 5.32 Å². The van der Waals surface area contributed by atoms with Gasteiger partial charge in [0, 0.05) is 6.42 Å². The summed E-state index contributed by atoms with van der Waals surface area (Å²) >= 11 is 0. The highest BCUT2D eigenvalue weighted by molar-refractivity contribution is 5.76. The SMILES string of the molecule is CCCCCCCCCCCCCCCC(=O)N[C@H]1[C@H]2OC[C@@H](O2)[C@@H](O)[C@@H]1O. The average molecular weight is 400 g/mol. The van der Waals surface area contributed by atoms with Crippen molar-refractivity contribution in [2.45, 2.75) is 127 Å². The largest absolute Gasteiger partial charge is 0.388 e. The van der Waals surface area contributed by atoms with E-state index in [-0.39, 0.29) is 12.5 Å². The highest BCUT2D eigenvalue weighted by atomic mass is 16.7. The van der Waals surface area contributed by atoms with Crippen molar-refractivity contribution in [1.82, 2.24) is 5.32 Å². The third-order valence-electron chi connectivity index (χ3n) is 5.96. The maximum absolute atomic E-state index is 12.1.